The van der Waals surface area contributed by atoms with E-state index in [2.05, 4.69) is 27.8 Å². The minimum Gasteiger partial charge on any atom is -0.370 e. The third-order valence-corrected chi connectivity index (χ3v) is 9.65. The summed E-state index contributed by atoms with van der Waals surface area (Å²) in [6.07, 6.45) is -0.716. The van der Waals surface area contributed by atoms with Crippen LogP contribution in [0, 0.1) is 22.1 Å². The minimum atomic E-state index is -4.61. The number of carbonyl (C=O) groups is 1. The fourth-order valence-corrected chi connectivity index (χ4v) is 6.50. The molecule has 0 atom stereocenters. The number of aromatic nitrogens is 1. The van der Waals surface area contributed by atoms with Crippen LogP contribution in [0.1, 0.15) is 111 Å². The number of amidine groups is 1. The summed E-state index contributed by atoms with van der Waals surface area (Å²) in [6, 6.07) is 8.60. The predicted octanol–water partition coefficient (Wildman–Crippen LogP) is 9.44. The van der Waals surface area contributed by atoms with Crippen LogP contribution in [-0.4, -0.2) is 65.7 Å². The Hall–Kier alpha value is -4.45. The largest absolute Gasteiger partial charge is 0.416 e. The summed E-state index contributed by atoms with van der Waals surface area (Å²) in [5.41, 5.74) is -0.579. The topological polar surface area (TPSA) is 123 Å². The van der Waals surface area contributed by atoms with Gasteiger partial charge in [0.25, 0.3) is 5.91 Å². The number of rotatable bonds is 11. The Morgan fingerprint density at radius 1 is 1.09 bits per heavy atom. The number of allylic oxidation sites excluding steroid dienone is 1. The Labute approximate surface area is 308 Å². The molecule has 53 heavy (non-hydrogen) atoms. The molecular formula is C38H50F6N8O. The number of likely N-dealkylation sites (tertiary alicyclic amines) is 1. The number of hydrogen-bond acceptors (Lipinski definition) is 7. The van der Waals surface area contributed by atoms with Gasteiger partial charge in [0.15, 0.2) is 0 Å². The molecule has 0 bridgehead atoms. The normalized spacial score (nSPS) is 16.5. The van der Waals surface area contributed by atoms with Crippen molar-refractivity contribution in [1.29, 1.82) is 16.1 Å². The van der Waals surface area contributed by atoms with Crippen molar-refractivity contribution in [3.8, 4) is 6.07 Å². The smallest absolute Gasteiger partial charge is 0.370 e. The highest BCUT2D eigenvalue weighted by atomic mass is 19.4. The lowest BCUT2D eigenvalue weighted by Gasteiger charge is -2.43. The quantitative estimate of drug-likeness (QED) is 0.0692. The monoisotopic (exact) mass is 748 g/mol. The Kier molecular flexibility index (Phi) is 15.0. The van der Waals surface area contributed by atoms with Crippen LogP contribution in [-0.2, 0) is 24.7 Å². The number of nitriles is 1. The molecule has 2 aromatic rings. The molecule has 3 aliphatic rings. The van der Waals surface area contributed by atoms with Gasteiger partial charge in [0, 0.05) is 49.5 Å². The third kappa shape index (κ3) is 11.0. The van der Waals surface area contributed by atoms with Crippen molar-refractivity contribution >= 4 is 29.7 Å². The number of amides is 1. The van der Waals surface area contributed by atoms with E-state index >= 15 is 0 Å². The molecule has 1 amide bonds. The number of benzene rings is 1. The van der Waals surface area contributed by atoms with E-state index in [0.29, 0.717) is 43.7 Å². The van der Waals surface area contributed by atoms with Crippen molar-refractivity contribution in [1.82, 2.24) is 14.8 Å². The number of anilines is 2. The molecule has 3 N–H and O–H groups in total. The third-order valence-electron chi connectivity index (χ3n) is 9.65. The average Bonchev–Trinajstić information content (AvgIpc) is 3.43. The maximum absolute atomic E-state index is 14.4. The molecular weight excluding hydrogens is 698 g/mol. The number of unbranched alkanes of at least 4 members (excludes halogenated alkanes) is 1. The maximum Gasteiger partial charge on any atom is 0.416 e. The Morgan fingerprint density at radius 3 is 2.26 bits per heavy atom. The van der Waals surface area contributed by atoms with Gasteiger partial charge in [-0.2, -0.15) is 31.6 Å². The highest BCUT2D eigenvalue weighted by Crippen LogP contribution is 2.48. The van der Waals surface area contributed by atoms with Gasteiger partial charge in [0.05, 0.1) is 24.5 Å². The zero-order chi connectivity index (χ0) is 39.6. The van der Waals surface area contributed by atoms with Crippen LogP contribution >= 0.6 is 0 Å². The Balaban J connectivity index is 0.000000754. The van der Waals surface area contributed by atoms with Gasteiger partial charge in [-0.3, -0.25) is 25.4 Å². The number of carbonyl (C=O) groups excluding carboxylic acids is 1. The molecule has 1 aliphatic carbocycles. The van der Waals surface area contributed by atoms with E-state index in [0.717, 1.165) is 70.4 Å². The Bertz CT molecular complexity index is 1660. The number of halogens is 6. The molecule has 15 heteroatoms. The number of fused-ring (bicyclic) bond motifs is 1. The second-order valence-corrected chi connectivity index (χ2v) is 13.5. The molecule has 5 rings (SSSR count). The molecule has 0 spiro atoms. The van der Waals surface area contributed by atoms with E-state index in [-0.39, 0.29) is 29.3 Å². The van der Waals surface area contributed by atoms with Crippen molar-refractivity contribution in [2.24, 2.45) is 0 Å². The summed E-state index contributed by atoms with van der Waals surface area (Å²) in [6.45, 7) is 9.88. The van der Waals surface area contributed by atoms with Crippen molar-refractivity contribution < 1.29 is 31.1 Å². The molecule has 0 radical (unpaired) electrons. The number of piperidine rings is 1. The van der Waals surface area contributed by atoms with Gasteiger partial charge in [0.1, 0.15) is 17.5 Å². The average molecular weight is 749 g/mol. The summed E-state index contributed by atoms with van der Waals surface area (Å²) in [5.74, 6) is 0.502. The number of alkyl halides is 6. The second kappa shape index (κ2) is 18.5. The maximum atomic E-state index is 14.4. The first-order chi connectivity index (χ1) is 25.0. The molecule has 290 valence electrons. The molecule has 0 unspecified atom stereocenters. The van der Waals surface area contributed by atoms with Gasteiger partial charge in [-0.05, 0) is 93.1 Å². The fourth-order valence-electron chi connectivity index (χ4n) is 6.50. The fraction of sp³-hybridized carbons (Fsp3) is 0.553. The van der Waals surface area contributed by atoms with Crippen molar-refractivity contribution in [2.75, 3.05) is 36.9 Å². The zero-order valence-corrected chi connectivity index (χ0v) is 30.9. The van der Waals surface area contributed by atoms with Crippen molar-refractivity contribution in [3.63, 3.8) is 0 Å². The van der Waals surface area contributed by atoms with Crippen LogP contribution < -0.4 is 10.2 Å². The highest BCUT2D eigenvalue weighted by Gasteiger charge is 2.43. The van der Waals surface area contributed by atoms with Crippen LogP contribution in [0.4, 0.5) is 38.0 Å². The molecule has 1 saturated heterocycles. The van der Waals surface area contributed by atoms with Gasteiger partial charge in [-0.25, -0.2) is 4.98 Å². The van der Waals surface area contributed by atoms with Gasteiger partial charge in [0.2, 0.25) is 0 Å². The molecule has 1 aromatic carbocycles. The summed E-state index contributed by atoms with van der Waals surface area (Å²) < 4.78 is 76.4. The minimum absolute atomic E-state index is 0.0339. The van der Waals surface area contributed by atoms with Crippen LogP contribution in [0.25, 0.3) is 0 Å². The van der Waals surface area contributed by atoms with E-state index in [1.54, 1.807) is 19.2 Å². The van der Waals surface area contributed by atoms with Gasteiger partial charge >= 0.3 is 12.4 Å². The van der Waals surface area contributed by atoms with Gasteiger partial charge in [-0.15, -0.1) is 0 Å². The zero-order valence-electron chi connectivity index (χ0n) is 30.9. The molecule has 1 saturated carbocycles. The molecule has 3 heterocycles. The lowest BCUT2D eigenvalue weighted by molar-refractivity contribution is -0.138. The second-order valence-electron chi connectivity index (χ2n) is 13.5. The van der Waals surface area contributed by atoms with E-state index in [1.807, 2.05) is 19.9 Å². The number of nitrogens with zero attached hydrogens (tertiary/aromatic N) is 5. The summed E-state index contributed by atoms with van der Waals surface area (Å²) in [5, 5.41) is 28.2. The van der Waals surface area contributed by atoms with Crippen molar-refractivity contribution in [2.45, 2.75) is 109 Å². The van der Waals surface area contributed by atoms with Crippen LogP contribution in [0.15, 0.2) is 36.4 Å². The van der Waals surface area contributed by atoms with Crippen LogP contribution in [0.3, 0.4) is 0 Å². The van der Waals surface area contributed by atoms with Gasteiger partial charge < -0.3 is 10.2 Å². The number of hydrogen-bond donors (Lipinski definition) is 3. The first-order valence-electron chi connectivity index (χ1n) is 17.9. The standard InChI is InChI=1S/C32H39F3N8O.C4H5F3.C2H6/c1-41(21-37)27(38)18-31(8-7-9-31)23-16-28(39-11-4-3-10-36)40-29(17-23)43-20-25-24(30(43)44)14-22(15-26(25)32(33,34)35)19-42-12-5-2-6-13-42;1-3(2)4(5,6)7;1-2/h14-17,21,37-38H,2-9,11-13,18-20H2,1H3,(H,39,40);1H2,2H3;1-2H3. The molecule has 9 nitrogen and oxygen atoms in total. The predicted molar refractivity (Wildman–Crippen MR) is 195 cm³/mol. The Morgan fingerprint density at radius 2 is 1.74 bits per heavy atom. The van der Waals surface area contributed by atoms with E-state index in [4.69, 9.17) is 16.1 Å². The lowest BCUT2D eigenvalue weighted by atomic mass is 9.62. The van der Waals surface area contributed by atoms with E-state index in [9.17, 15) is 31.1 Å². The van der Waals surface area contributed by atoms with E-state index < -0.39 is 34.8 Å². The number of pyridine rings is 1. The highest BCUT2D eigenvalue weighted by molar-refractivity contribution is 6.10. The molecule has 2 aliphatic heterocycles. The summed E-state index contributed by atoms with van der Waals surface area (Å²) in [4.78, 5) is 23.5. The van der Waals surface area contributed by atoms with Crippen LogP contribution in [0.2, 0.25) is 0 Å². The van der Waals surface area contributed by atoms with E-state index in [1.165, 1.54) is 15.9 Å². The molecule has 1 aromatic heterocycles. The first-order valence-corrected chi connectivity index (χ1v) is 17.9. The lowest BCUT2D eigenvalue weighted by Crippen LogP contribution is -2.40. The summed E-state index contributed by atoms with van der Waals surface area (Å²) >= 11 is 0. The summed E-state index contributed by atoms with van der Waals surface area (Å²) in [7, 11) is 1.65. The SMILES string of the molecule is C=C(C)C(F)(F)F.CC.CN(C=N)C(=N)CC1(c2cc(NCCCC#N)nc(N3Cc4c(cc(CN5CCCCC5)cc4C(F)(F)F)C3=O)c2)CCC1. The van der Waals surface area contributed by atoms with Gasteiger partial charge in [-0.1, -0.05) is 33.3 Å². The first kappa shape index (κ1) is 43.0. The molecule has 2 fully saturated rings. The van der Waals surface area contributed by atoms with Crippen molar-refractivity contribution in [3.05, 3.63) is 64.2 Å². The number of nitrogens with one attached hydrogen (secondary N) is 3. The van der Waals surface area contributed by atoms with Crippen LogP contribution in [0.5, 0.6) is 0 Å².